The molecule has 2 aromatic rings. The van der Waals surface area contributed by atoms with Crippen LogP contribution in [0.1, 0.15) is 31.2 Å². The van der Waals surface area contributed by atoms with E-state index in [1.165, 1.54) is 6.08 Å². The van der Waals surface area contributed by atoms with Crippen molar-refractivity contribution in [3.05, 3.63) is 35.6 Å². The van der Waals surface area contributed by atoms with Crippen LogP contribution in [0.4, 0.5) is 4.39 Å². The number of halogens is 1. The third-order valence-electron chi connectivity index (χ3n) is 2.51. The van der Waals surface area contributed by atoms with Crippen LogP contribution in [-0.4, -0.2) is 4.98 Å². The number of rotatable bonds is 4. The molecule has 1 aromatic heterocycles. The van der Waals surface area contributed by atoms with Gasteiger partial charge in [-0.3, -0.25) is 0 Å². The van der Waals surface area contributed by atoms with E-state index in [0.29, 0.717) is 11.1 Å². The van der Waals surface area contributed by atoms with Gasteiger partial charge in [0.15, 0.2) is 17.4 Å². The van der Waals surface area contributed by atoms with E-state index in [9.17, 15) is 4.39 Å². The number of oxazole rings is 1. The highest BCUT2D eigenvalue weighted by atomic mass is 19.1. The highest BCUT2D eigenvalue weighted by Crippen LogP contribution is 2.19. The molecule has 0 atom stereocenters. The van der Waals surface area contributed by atoms with Gasteiger partial charge in [-0.15, -0.1) is 0 Å². The summed E-state index contributed by atoms with van der Waals surface area (Å²) in [6, 6.07) is 5.31. The zero-order valence-electron chi connectivity index (χ0n) is 9.74. The first-order valence-corrected chi connectivity index (χ1v) is 5.71. The number of nitrogens with zero attached hydrogens (tertiary/aromatic N) is 1. The van der Waals surface area contributed by atoms with Crippen molar-refractivity contribution in [2.75, 3.05) is 0 Å². The molecule has 0 spiro atoms. The normalized spacial score (nSPS) is 12.2. The van der Waals surface area contributed by atoms with Crippen molar-refractivity contribution in [1.29, 1.82) is 0 Å². The highest BCUT2D eigenvalue weighted by Gasteiger charge is 2.05. The van der Waals surface area contributed by atoms with Crippen molar-refractivity contribution in [2.24, 2.45) is 5.73 Å². The van der Waals surface area contributed by atoms with Crippen LogP contribution in [-0.2, 0) is 6.42 Å². The summed E-state index contributed by atoms with van der Waals surface area (Å²) < 4.78 is 18.1. The number of benzene rings is 1. The highest BCUT2D eigenvalue weighted by molar-refractivity contribution is 5.76. The molecule has 0 aliphatic heterocycles. The number of fused-ring (bicyclic) bond motifs is 1. The van der Waals surface area contributed by atoms with Gasteiger partial charge in [-0.1, -0.05) is 19.4 Å². The molecule has 0 aliphatic carbocycles. The van der Waals surface area contributed by atoms with Crippen LogP contribution in [0.2, 0.25) is 0 Å². The van der Waals surface area contributed by atoms with Gasteiger partial charge in [0.1, 0.15) is 5.52 Å². The van der Waals surface area contributed by atoms with Gasteiger partial charge < -0.3 is 10.2 Å². The third-order valence-corrected chi connectivity index (χ3v) is 2.51. The third kappa shape index (κ3) is 2.84. The lowest BCUT2D eigenvalue weighted by molar-refractivity contribution is 0.517. The van der Waals surface area contributed by atoms with E-state index in [2.05, 4.69) is 11.9 Å². The molecule has 0 saturated heterocycles. The fourth-order valence-electron chi connectivity index (χ4n) is 1.67. The molecule has 0 radical (unpaired) electrons. The second-order valence-corrected chi connectivity index (χ2v) is 3.97. The second-order valence-electron chi connectivity index (χ2n) is 3.97. The lowest BCUT2D eigenvalue weighted by Crippen LogP contribution is -1.87. The Kier molecular flexibility index (Phi) is 3.42. The molecule has 2 N–H and O–H groups in total. The minimum absolute atomic E-state index is 0.672. The molecule has 4 heteroatoms. The predicted molar refractivity (Wildman–Crippen MR) is 65.9 cm³/mol. The molecular weight excluding hydrogens is 219 g/mol. The van der Waals surface area contributed by atoms with Crippen LogP contribution in [0.15, 0.2) is 28.6 Å². The molecule has 2 rings (SSSR count). The molecule has 0 amide bonds. The van der Waals surface area contributed by atoms with Gasteiger partial charge in [-0.25, -0.2) is 4.98 Å². The summed E-state index contributed by atoms with van der Waals surface area (Å²) in [5, 5.41) is 0. The molecule has 17 heavy (non-hydrogen) atoms. The molecular formula is C13H15FN2O. The number of nitrogens with two attached hydrogens (primary N) is 1. The molecule has 90 valence electrons. The van der Waals surface area contributed by atoms with Gasteiger partial charge >= 0.3 is 0 Å². The molecule has 0 bridgehead atoms. The lowest BCUT2D eigenvalue weighted by atomic mass is 10.2. The van der Waals surface area contributed by atoms with Crippen LogP contribution < -0.4 is 5.73 Å². The Hall–Kier alpha value is -1.84. The van der Waals surface area contributed by atoms with Crippen LogP contribution >= 0.6 is 0 Å². The second kappa shape index (κ2) is 4.99. The maximum absolute atomic E-state index is 12.6. The smallest absolute Gasteiger partial charge is 0.195 e. The van der Waals surface area contributed by atoms with Crippen molar-refractivity contribution in [3.63, 3.8) is 0 Å². The molecule has 1 aromatic carbocycles. The minimum atomic E-state index is -0.713. The average Bonchev–Trinajstić information content (AvgIpc) is 2.67. The van der Waals surface area contributed by atoms with Gasteiger partial charge in [0, 0.05) is 6.42 Å². The number of aryl methyl sites for hydroxylation is 1. The maximum atomic E-state index is 12.6. The van der Waals surface area contributed by atoms with Crippen LogP contribution in [0.25, 0.3) is 17.2 Å². The van der Waals surface area contributed by atoms with Crippen molar-refractivity contribution in [2.45, 2.75) is 26.2 Å². The molecule has 3 nitrogen and oxygen atoms in total. The van der Waals surface area contributed by atoms with Crippen LogP contribution in [0.3, 0.4) is 0 Å². The van der Waals surface area contributed by atoms with Crippen molar-refractivity contribution in [1.82, 2.24) is 4.98 Å². The summed E-state index contributed by atoms with van der Waals surface area (Å²) in [6.45, 7) is 2.12. The quantitative estimate of drug-likeness (QED) is 0.825. The number of unbranched alkanes of at least 4 members (excludes halogenated alkanes) is 1. The largest absolute Gasteiger partial charge is 0.441 e. The summed E-state index contributed by atoms with van der Waals surface area (Å²) in [5.41, 5.74) is 7.13. The van der Waals surface area contributed by atoms with Crippen LogP contribution in [0, 0.1) is 0 Å². The first-order chi connectivity index (χ1) is 8.19. The lowest BCUT2D eigenvalue weighted by Gasteiger charge is -1.92. The van der Waals surface area contributed by atoms with Gasteiger partial charge in [-0.2, -0.15) is 4.39 Å². The summed E-state index contributed by atoms with van der Waals surface area (Å²) >= 11 is 0. The zero-order valence-corrected chi connectivity index (χ0v) is 9.74. The monoisotopic (exact) mass is 234 g/mol. The molecule has 0 saturated carbocycles. The summed E-state index contributed by atoms with van der Waals surface area (Å²) in [5.74, 6) is 0.0197. The van der Waals surface area contributed by atoms with Crippen LogP contribution in [0.5, 0.6) is 0 Å². The average molecular weight is 234 g/mol. The standard InChI is InChI=1S/C13H15FN2O/c1-2-3-4-13-16-10-6-5-9(8-12(14)15)7-11(10)17-13/h5-8H,2-4,15H2,1H3/b12-8-. The van der Waals surface area contributed by atoms with Gasteiger partial charge in [0.05, 0.1) is 0 Å². The molecule has 1 heterocycles. The Labute approximate surface area is 99.1 Å². The fourth-order valence-corrected chi connectivity index (χ4v) is 1.67. The van der Waals surface area contributed by atoms with E-state index in [-0.39, 0.29) is 0 Å². The Bertz CT molecular complexity index is 541. The van der Waals surface area contributed by atoms with E-state index in [0.717, 1.165) is 30.7 Å². The Balaban J connectivity index is 2.31. The molecule has 0 aliphatic rings. The summed E-state index contributed by atoms with van der Waals surface area (Å²) in [7, 11) is 0. The predicted octanol–water partition coefficient (Wildman–Crippen LogP) is 3.40. The number of hydrogen-bond acceptors (Lipinski definition) is 3. The number of aromatic nitrogens is 1. The first kappa shape index (κ1) is 11.6. The minimum Gasteiger partial charge on any atom is -0.441 e. The van der Waals surface area contributed by atoms with Crippen molar-refractivity contribution >= 4 is 17.2 Å². The Morgan fingerprint density at radius 1 is 1.53 bits per heavy atom. The summed E-state index contributed by atoms with van der Waals surface area (Å²) in [6.07, 6.45) is 4.25. The van der Waals surface area contributed by atoms with Gasteiger partial charge in [0.2, 0.25) is 0 Å². The molecule has 0 fully saturated rings. The maximum Gasteiger partial charge on any atom is 0.195 e. The molecule has 0 unspecified atom stereocenters. The van der Waals surface area contributed by atoms with Gasteiger partial charge in [0.25, 0.3) is 0 Å². The van der Waals surface area contributed by atoms with E-state index in [4.69, 9.17) is 10.2 Å². The van der Waals surface area contributed by atoms with E-state index in [1.807, 2.05) is 6.07 Å². The topological polar surface area (TPSA) is 52.0 Å². The van der Waals surface area contributed by atoms with Crippen molar-refractivity contribution < 1.29 is 8.81 Å². The SMILES string of the molecule is CCCCc1nc2ccc(/C=C(\N)F)cc2o1. The number of hydrogen-bond donors (Lipinski definition) is 1. The fraction of sp³-hybridized carbons (Fsp3) is 0.308. The van der Waals surface area contributed by atoms with E-state index < -0.39 is 5.95 Å². The van der Waals surface area contributed by atoms with E-state index in [1.54, 1.807) is 12.1 Å². The van der Waals surface area contributed by atoms with Crippen molar-refractivity contribution in [3.8, 4) is 0 Å². The summed E-state index contributed by atoms with van der Waals surface area (Å²) in [4.78, 5) is 4.36. The Morgan fingerprint density at radius 2 is 2.35 bits per heavy atom. The van der Waals surface area contributed by atoms with E-state index >= 15 is 0 Å². The van der Waals surface area contributed by atoms with Gasteiger partial charge in [-0.05, 0) is 30.2 Å². The first-order valence-electron chi connectivity index (χ1n) is 5.71. The zero-order chi connectivity index (χ0) is 12.3. The Morgan fingerprint density at radius 3 is 3.06 bits per heavy atom.